The van der Waals surface area contributed by atoms with Crippen molar-refractivity contribution in [1.29, 1.82) is 0 Å². The lowest BCUT2D eigenvalue weighted by Gasteiger charge is -2.16. The number of phenols is 1. The highest BCUT2D eigenvalue weighted by Crippen LogP contribution is 2.41. The lowest BCUT2D eigenvalue weighted by molar-refractivity contribution is 0.337. The van der Waals surface area contributed by atoms with Crippen molar-refractivity contribution in [2.24, 2.45) is 0 Å². The average Bonchev–Trinajstić information content (AvgIpc) is 2.38. The number of rotatable bonds is 6. The second-order valence-corrected chi connectivity index (χ2v) is 4.58. The normalized spacial score (nSPS) is 9.89. The van der Waals surface area contributed by atoms with Crippen LogP contribution >= 0.6 is 0 Å². The Hall–Kier alpha value is -1.90. The van der Waals surface area contributed by atoms with Crippen molar-refractivity contribution < 1.29 is 14.6 Å². The van der Waals surface area contributed by atoms with Crippen molar-refractivity contribution in [2.45, 2.75) is 26.7 Å². The summed E-state index contributed by atoms with van der Waals surface area (Å²) in [7, 11) is 3.08. The van der Waals surface area contributed by atoms with Gasteiger partial charge in [-0.2, -0.15) is 0 Å². The summed E-state index contributed by atoms with van der Waals surface area (Å²) in [6, 6.07) is 1.84. The maximum absolute atomic E-state index is 10.1. The molecule has 0 saturated heterocycles. The number of benzene rings is 1. The van der Waals surface area contributed by atoms with Crippen LogP contribution in [-0.4, -0.2) is 19.3 Å². The van der Waals surface area contributed by atoms with Crippen molar-refractivity contribution in [3.63, 3.8) is 0 Å². The first kappa shape index (κ1) is 15.2. The standard InChI is InChI=1S/C16H22O3/c1-6-7-12-10-14(18-4)15(17)16(19-5)13(12)9-8-11(2)3/h6,8,10,17H,1,7,9H2,2-5H3. The van der Waals surface area contributed by atoms with Gasteiger partial charge in [-0.05, 0) is 38.3 Å². The van der Waals surface area contributed by atoms with E-state index in [1.165, 1.54) is 12.7 Å². The summed E-state index contributed by atoms with van der Waals surface area (Å²) in [5, 5.41) is 10.1. The van der Waals surface area contributed by atoms with Crippen LogP contribution in [-0.2, 0) is 12.8 Å². The highest BCUT2D eigenvalue weighted by atomic mass is 16.5. The zero-order valence-corrected chi connectivity index (χ0v) is 12.1. The number of hydrogen-bond acceptors (Lipinski definition) is 3. The maximum atomic E-state index is 10.1. The first-order chi connectivity index (χ1) is 9.04. The van der Waals surface area contributed by atoms with Gasteiger partial charge < -0.3 is 14.6 Å². The predicted molar refractivity (Wildman–Crippen MR) is 78.2 cm³/mol. The summed E-state index contributed by atoms with van der Waals surface area (Å²) >= 11 is 0. The molecule has 3 heteroatoms. The fourth-order valence-electron chi connectivity index (χ4n) is 1.96. The van der Waals surface area contributed by atoms with Crippen LogP contribution in [0.15, 0.2) is 30.4 Å². The van der Waals surface area contributed by atoms with Crippen LogP contribution in [0.2, 0.25) is 0 Å². The van der Waals surface area contributed by atoms with Crippen molar-refractivity contribution in [1.82, 2.24) is 0 Å². The summed E-state index contributed by atoms with van der Waals surface area (Å²) in [5.74, 6) is 0.957. The van der Waals surface area contributed by atoms with Crippen LogP contribution in [0.3, 0.4) is 0 Å². The van der Waals surface area contributed by atoms with Crippen LogP contribution < -0.4 is 9.47 Å². The van der Waals surface area contributed by atoms with Crippen LogP contribution in [0.25, 0.3) is 0 Å². The van der Waals surface area contributed by atoms with Crippen LogP contribution in [0.5, 0.6) is 17.2 Å². The number of ether oxygens (including phenoxy) is 2. The van der Waals surface area contributed by atoms with Crippen molar-refractivity contribution >= 4 is 0 Å². The van der Waals surface area contributed by atoms with Gasteiger partial charge in [0.1, 0.15) is 0 Å². The first-order valence-electron chi connectivity index (χ1n) is 6.25. The largest absolute Gasteiger partial charge is 0.502 e. The minimum atomic E-state index is 0.0509. The van der Waals surface area contributed by atoms with Crippen LogP contribution in [0, 0.1) is 0 Å². The van der Waals surface area contributed by atoms with Gasteiger partial charge in [0.25, 0.3) is 0 Å². The van der Waals surface area contributed by atoms with E-state index in [4.69, 9.17) is 9.47 Å². The second kappa shape index (κ2) is 6.88. The third kappa shape index (κ3) is 3.53. The van der Waals surface area contributed by atoms with E-state index >= 15 is 0 Å². The molecule has 0 aliphatic heterocycles. The monoisotopic (exact) mass is 262 g/mol. The van der Waals surface area contributed by atoms with Gasteiger partial charge in [0.05, 0.1) is 14.2 Å². The molecular weight excluding hydrogens is 240 g/mol. The molecule has 0 fully saturated rings. The molecule has 1 aromatic rings. The molecule has 3 nitrogen and oxygen atoms in total. The molecule has 0 bridgehead atoms. The summed E-state index contributed by atoms with van der Waals surface area (Å²) in [4.78, 5) is 0. The molecule has 0 aromatic heterocycles. The van der Waals surface area contributed by atoms with Gasteiger partial charge in [0.2, 0.25) is 5.75 Å². The number of phenolic OH excluding ortho intramolecular Hbond substituents is 1. The molecule has 0 heterocycles. The molecule has 1 N–H and O–H groups in total. The predicted octanol–water partition coefficient (Wildman–Crippen LogP) is 3.65. The average molecular weight is 262 g/mol. The minimum Gasteiger partial charge on any atom is -0.502 e. The van der Waals surface area contributed by atoms with Gasteiger partial charge in [-0.3, -0.25) is 0 Å². The van der Waals surface area contributed by atoms with Gasteiger partial charge in [0, 0.05) is 5.56 Å². The van der Waals surface area contributed by atoms with Gasteiger partial charge in [-0.25, -0.2) is 0 Å². The van der Waals surface area contributed by atoms with E-state index in [9.17, 15) is 5.11 Å². The Morgan fingerprint density at radius 2 is 1.95 bits per heavy atom. The van der Waals surface area contributed by atoms with Crippen LogP contribution in [0.1, 0.15) is 25.0 Å². The first-order valence-corrected chi connectivity index (χ1v) is 6.25. The van der Waals surface area contributed by atoms with E-state index < -0.39 is 0 Å². The Bertz CT molecular complexity index is 483. The van der Waals surface area contributed by atoms with Crippen molar-refractivity contribution in [3.05, 3.63) is 41.5 Å². The highest BCUT2D eigenvalue weighted by molar-refractivity contribution is 5.59. The second-order valence-electron chi connectivity index (χ2n) is 4.58. The summed E-state index contributed by atoms with van der Waals surface area (Å²) in [6.45, 7) is 7.86. The van der Waals surface area contributed by atoms with Crippen molar-refractivity contribution in [2.75, 3.05) is 14.2 Å². The molecule has 0 unspecified atom stereocenters. The third-order valence-corrected chi connectivity index (χ3v) is 2.92. The topological polar surface area (TPSA) is 38.7 Å². The van der Waals surface area contributed by atoms with Gasteiger partial charge in [-0.1, -0.05) is 17.7 Å². The lowest BCUT2D eigenvalue weighted by atomic mass is 9.98. The van der Waals surface area contributed by atoms with E-state index in [1.807, 2.05) is 26.0 Å². The molecular formula is C16H22O3. The molecule has 19 heavy (non-hydrogen) atoms. The number of methoxy groups -OCH3 is 2. The van der Waals surface area contributed by atoms with Gasteiger partial charge in [0.15, 0.2) is 11.5 Å². The zero-order valence-electron chi connectivity index (χ0n) is 12.1. The Morgan fingerprint density at radius 1 is 1.26 bits per heavy atom. The minimum absolute atomic E-state index is 0.0509. The lowest BCUT2D eigenvalue weighted by Crippen LogP contribution is -2.00. The smallest absolute Gasteiger partial charge is 0.201 e. The number of allylic oxidation sites excluding steroid dienone is 3. The fraction of sp³-hybridized carbons (Fsp3) is 0.375. The van der Waals surface area contributed by atoms with Crippen LogP contribution in [0.4, 0.5) is 0 Å². The molecule has 104 valence electrons. The maximum Gasteiger partial charge on any atom is 0.201 e. The molecule has 0 atom stereocenters. The van der Waals surface area contributed by atoms with Gasteiger partial charge >= 0.3 is 0 Å². The fourth-order valence-corrected chi connectivity index (χ4v) is 1.96. The van der Waals surface area contributed by atoms with E-state index in [-0.39, 0.29) is 5.75 Å². The van der Waals surface area contributed by atoms with E-state index in [2.05, 4.69) is 12.7 Å². The molecule has 0 saturated carbocycles. The quantitative estimate of drug-likeness (QED) is 0.795. The number of aromatic hydroxyl groups is 1. The summed E-state index contributed by atoms with van der Waals surface area (Å²) in [6.07, 6.45) is 5.36. The third-order valence-electron chi connectivity index (χ3n) is 2.92. The molecule has 0 radical (unpaired) electrons. The summed E-state index contributed by atoms with van der Waals surface area (Å²) < 4.78 is 10.5. The molecule has 0 aliphatic rings. The Labute approximate surface area is 115 Å². The Morgan fingerprint density at radius 3 is 2.42 bits per heavy atom. The molecule has 0 spiro atoms. The Kier molecular flexibility index (Phi) is 5.49. The van der Waals surface area contributed by atoms with E-state index in [0.717, 1.165) is 11.1 Å². The van der Waals surface area contributed by atoms with Crippen molar-refractivity contribution in [3.8, 4) is 17.2 Å². The van der Waals surface area contributed by atoms with E-state index in [0.29, 0.717) is 24.3 Å². The highest BCUT2D eigenvalue weighted by Gasteiger charge is 2.17. The molecule has 0 aliphatic carbocycles. The molecule has 1 aromatic carbocycles. The Balaban J connectivity index is 3.41. The summed E-state index contributed by atoms with van der Waals surface area (Å²) in [5.41, 5.74) is 3.25. The zero-order chi connectivity index (χ0) is 14.4. The number of hydrogen-bond donors (Lipinski definition) is 1. The molecule has 0 amide bonds. The SMILES string of the molecule is C=CCc1cc(OC)c(O)c(OC)c1CC=C(C)C. The van der Waals surface area contributed by atoms with E-state index in [1.54, 1.807) is 7.11 Å². The molecule has 1 rings (SSSR count). The van der Waals surface area contributed by atoms with Gasteiger partial charge in [-0.15, -0.1) is 6.58 Å².